The van der Waals surface area contributed by atoms with Crippen molar-refractivity contribution in [3.8, 4) is 5.75 Å². The summed E-state index contributed by atoms with van der Waals surface area (Å²) in [6.45, 7) is 7.72. The number of benzene rings is 1. The Labute approximate surface area is 123 Å². The molecule has 0 radical (unpaired) electrons. The van der Waals surface area contributed by atoms with Gasteiger partial charge in [-0.25, -0.2) is 0 Å². The molecule has 0 saturated heterocycles. The van der Waals surface area contributed by atoms with E-state index in [0.29, 0.717) is 12.8 Å². The van der Waals surface area contributed by atoms with Crippen LogP contribution in [0.25, 0.3) is 0 Å². The first kappa shape index (κ1) is 17.8. The topological polar surface area (TPSA) is 29.5 Å². The van der Waals surface area contributed by atoms with Crippen molar-refractivity contribution in [1.29, 1.82) is 0 Å². The smallest absolute Gasteiger partial charge is 0.405 e. The largest absolute Gasteiger partial charge is 0.573 e. The van der Waals surface area contributed by atoms with E-state index in [2.05, 4.69) is 4.74 Å². The van der Waals surface area contributed by atoms with Crippen LogP contribution in [0, 0.1) is 11.8 Å². The van der Waals surface area contributed by atoms with Crippen LogP contribution in [-0.2, 0) is 5.60 Å². The van der Waals surface area contributed by atoms with Gasteiger partial charge in [0, 0.05) is 5.56 Å². The molecule has 0 fully saturated rings. The molecular weight excluding hydrogens is 281 g/mol. The second-order valence-electron chi connectivity index (χ2n) is 6.27. The van der Waals surface area contributed by atoms with Crippen molar-refractivity contribution in [2.45, 2.75) is 52.5 Å². The van der Waals surface area contributed by atoms with E-state index >= 15 is 0 Å². The molecule has 5 heteroatoms. The number of aliphatic hydroxyl groups is 1. The number of hydrogen-bond donors (Lipinski definition) is 1. The Kier molecular flexibility index (Phi) is 5.68. The van der Waals surface area contributed by atoms with E-state index in [0.717, 1.165) is 0 Å². The zero-order valence-corrected chi connectivity index (χ0v) is 12.9. The van der Waals surface area contributed by atoms with E-state index in [1.807, 2.05) is 27.7 Å². The fourth-order valence-electron chi connectivity index (χ4n) is 2.72. The minimum atomic E-state index is -4.77. The lowest BCUT2D eigenvalue weighted by atomic mass is 9.79. The molecule has 0 aromatic heterocycles. The van der Waals surface area contributed by atoms with Gasteiger partial charge in [0.2, 0.25) is 0 Å². The molecule has 0 aliphatic heterocycles. The lowest BCUT2D eigenvalue weighted by Gasteiger charge is -2.33. The monoisotopic (exact) mass is 304 g/mol. The van der Waals surface area contributed by atoms with Gasteiger partial charge in [-0.3, -0.25) is 0 Å². The summed E-state index contributed by atoms with van der Waals surface area (Å²) in [5, 5.41) is 11.0. The van der Waals surface area contributed by atoms with Crippen molar-refractivity contribution in [2.75, 3.05) is 0 Å². The zero-order chi connectivity index (χ0) is 16.3. The molecule has 0 spiro atoms. The number of rotatable bonds is 6. The Hall–Kier alpha value is -1.23. The second kappa shape index (κ2) is 6.69. The van der Waals surface area contributed by atoms with Crippen molar-refractivity contribution < 1.29 is 23.0 Å². The molecule has 0 aliphatic carbocycles. The highest BCUT2D eigenvalue weighted by Gasteiger charge is 2.38. The first-order valence-electron chi connectivity index (χ1n) is 7.11. The Morgan fingerprint density at radius 2 is 1.48 bits per heavy atom. The molecule has 1 rings (SSSR count). The van der Waals surface area contributed by atoms with E-state index in [1.54, 1.807) is 6.07 Å². The first-order valence-corrected chi connectivity index (χ1v) is 7.11. The van der Waals surface area contributed by atoms with Gasteiger partial charge < -0.3 is 9.84 Å². The molecular formula is C16H23F3O2. The van der Waals surface area contributed by atoms with E-state index in [4.69, 9.17) is 0 Å². The average molecular weight is 304 g/mol. The molecule has 0 aliphatic rings. The number of para-hydroxylation sites is 1. The molecule has 0 amide bonds. The van der Waals surface area contributed by atoms with Gasteiger partial charge in [0.15, 0.2) is 0 Å². The first-order chi connectivity index (χ1) is 9.53. The summed E-state index contributed by atoms with van der Waals surface area (Å²) < 4.78 is 41.7. The molecule has 1 aromatic rings. The van der Waals surface area contributed by atoms with Gasteiger partial charge in [-0.1, -0.05) is 45.9 Å². The molecule has 1 aromatic carbocycles. The maximum Gasteiger partial charge on any atom is 0.573 e. The van der Waals surface area contributed by atoms with Gasteiger partial charge in [-0.05, 0) is 30.7 Å². The van der Waals surface area contributed by atoms with Crippen molar-refractivity contribution in [2.24, 2.45) is 11.8 Å². The fourth-order valence-corrected chi connectivity index (χ4v) is 2.72. The summed E-state index contributed by atoms with van der Waals surface area (Å²) in [5.41, 5.74) is -1.13. The van der Waals surface area contributed by atoms with Crippen molar-refractivity contribution in [3.05, 3.63) is 29.8 Å². The van der Waals surface area contributed by atoms with Crippen molar-refractivity contribution in [3.63, 3.8) is 0 Å². The van der Waals surface area contributed by atoms with Gasteiger partial charge in [0.25, 0.3) is 0 Å². The lowest BCUT2D eigenvalue weighted by molar-refractivity contribution is -0.275. The molecule has 120 valence electrons. The predicted molar refractivity (Wildman–Crippen MR) is 75.9 cm³/mol. The zero-order valence-electron chi connectivity index (χ0n) is 12.9. The SMILES string of the molecule is CC(C)CC(O)(CC(C)C)c1ccccc1OC(F)(F)F. The minimum Gasteiger partial charge on any atom is -0.405 e. The highest BCUT2D eigenvalue weighted by molar-refractivity contribution is 5.38. The summed E-state index contributed by atoms with van der Waals surface area (Å²) in [6.07, 6.45) is -4.01. The third kappa shape index (κ3) is 5.58. The number of ether oxygens (including phenoxy) is 1. The normalized spacial score (nSPS) is 13.0. The summed E-state index contributed by atoms with van der Waals surface area (Å²) in [7, 11) is 0. The van der Waals surface area contributed by atoms with E-state index in [-0.39, 0.29) is 23.1 Å². The van der Waals surface area contributed by atoms with E-state index in [9.17, 15) is 18.3 Å². The Bertz CT molecular complexity index is 443. The molecule has 0 bridgehead atoms. The van der Waals surface area contributed by atoms with Crippen molar-refractivity contribution >= 4 is 0 Å². The van der Waals surface area contributed by atoms with Crippen LogP contribution in [0.5, 0.6) is 5.75 Å². The predicted octanol–water partition coefficient (Wildman–Crippen LogP) is 4.87. The summed E-state index contributed by atoms with van der Waals surface area (Å²) >= 11 is 0. The number of alkyl halides is 3. The Morgan fingerprint density at radius 1 is 1.00 bits per heavy atom. The summed E-state index contributed by atoms with van der Waals surface area (Å²) in [6, 6.07) is 5.83. The number of hydrogen-bond acceptors (Lipinski definition) is 2. The van der Waals surface area contributed by atoms with Gasteiger partial charge in [-0.15, -0.1) is 13.2 Å². The van der Waals surface area contributed by atoms with Crippen LogP contribution in [0.4, 0.5) is 13.2 Å². The fraction of sp³-hybridized carbons (Fsp3) is 0.625. The minimum absolute atomic E-state index is 0.146. The summed E-state index contributed by atoms with van der Waals surface area (Å²) in [4.78, 5) is 0. The lowest BCUT2D eigenvalue weighted by Crippen LogP contribution is -2.31. The molecule has 0 unspecified atom stereocenters. The van der Waals surface area contributed by atoms with E-state index < -0.39 is 12.0 Å². The van der Waals surface area contributed by atoms with Crippen LogP contribution in [0.15, 0.2) is 24.3 Å². The maximum atomic E-state index is 12.5. The molecule has 0 atom stereocenters. The van der Waals surface area contributed by atoms with Gasteiger partial charge in [0.05, 0.1) is 5.60 Å². The van der Waals surface area contributed by atoms with Crippen LogP contribution in [0.1, 0.15) is 46.1 Å². The van der Waals surface area contributed by atoms with Gasteiger partial charge in [0.1, 0.15) is 5.75 Å². The second-order valence-corrected chi connectivity index (χ2v) is 6.27. The molecule has 2 nitrogen and oxygen atoms in total. The van der Waals surface area contributed by atoms with Crippen LogP contribution in [0.3, 0.4) is 0 Å². The molecule has 0 heterocycles. The van der Waals surface area contributed by atoms with Gasteiger partial charge >= 0.3 is 6.36 Å². The standard InChI is InChI=1S/C16H23F3O2/c1-11(2)9-15(20,10-12(3)4)13-7-5-6-8-14(13)21-16(17,18)19/h5-8,11-12,20H,9-10H2,1-4H3. The van der Waals surface area contributed by atoms with Crippen LogP contribution in [-0.4, -0.2) is 11.5 Å². The van der Waals surface area contributed by atoms with Gasteiger partial charge in [-0.2, -0.15) is 0 Å². The molecule has 1 N–H and O–H groups in total. The van der Waals surface area contributed by atoms with Crippen LogP contribution in [0.2, 0.25) is 0 Å². The van der Waals surface area contributed by atoms with E-state index in [1.165, 1.54) is 18.2 Å². The Balaban J connectivity index is 3.24. The molecule has 0 saturated carbocycles. The highest BCUT2D eigenvalue weighted by atomic mass is 19.4. The van der Waals surface area contributed by atoms with Crippen LogP contribution < -0.4 is 4.74 Å². The summed E-state index contributed by atoms with van der Waals surface area (Å²) in [5.74, 6) is -0.0332. The third-order valence-corrected chi connectivity index (χ3v) is 3.11. The average Bonchev–Trinajstić information content (AvgIpc) is 2.24. The maximum absolute atomic E-state index is 12.5. The highest BCUT2D eigenvalue weighted by Crippen LogP contribution is 2.41. The number of halogens is 3. The third-order valence-electron chi connectivity index (χ3n) is 3.11. The molecule has 21 heavy (non-hydrogen) atoms. The Morgan fingerprint density at radius 3 is 1.90 bits per heavy atom. The van der Waals surface area contributed by atoms with Crippen LogP contribution >= 0.6 is 0 Å². The van der Waals surface area contributed by atoms with Crippen molar-refractivity contribution in [1.82, 2.24) is 0 Å². The quantitative estimate of drug-likeness (QED) is 0.813.